The zero-order valence-electron chi connectivity index (χ0n) is 8.70. The number of anilines is 1. The predicted molar refractivity (Wildman–Crippen MR) is 66.1 cm³/mol. The van der Waals surface area contributed by atoms with E-state index in [-0.39, 0.29) is 0 Å². The Morgan fingerprint density at radius 1 is 1.38 bits per heavy atom. The van der Waals surface area contributed by atoms with E-state index in [4.69, 9.17) is 5.26 Å². The highest BCUT2D eigenvalue weighted by atomic mass is 79.9. The molecule has 2 atom stereocenters. The van der Waals surface area contributed by atoms with Gasteiger partial charge in [0.05, 0.1) is 11.6 Å². The lowest BCUT2D eigenvalue weighted by Crippen LogP contribution is -2.21. The quantitative estimate of drug-likeness (QED) is 0.869. The maximum atomic E-state index is 8.78. The molecule has 0 aromatic heterocycles. The standard InChI is InChI=1S/C12H12BrN3/c13-10-3-7(4-14)1-2-11(10)16-12-8-5-15-6-9(8)12/h1-3,8-9,12,15-16H,5-6H2. The third-order valence-corrected chi connectivity index (χ3v) is 4.17. The first-order valence-electron chi connectivity index (χ1n) is 5.46. The molecular formula is C12H12BrN3. The van der Waals surface area contributed by atoms with Crippen LogP contribution in [0.25, 0.3) is 0 Å². The predicted octanol–water partition coefficient (Wildman–Crippen LogP) is 1.95. The van der Waals surface area contributed by atoms with Gasteiger partial charge >= 0.3 is 0 Å². The third-order valence-electron chi connectivity index (χ3n) is 3.51. The smallest absolute Gasteiger partial charge is 0.0992 e. The minimum absolute atomic E-state index is 0.616. The second-order valence-electron chi connectivity index (χ2n) is 4.46. The first-order valence-corrected chi connectivity index (χ1v) is 6.26. The molecule has 0 amide bonds. The fourth-order valence-electron chi connectivity index (χ4n) is 2.51. The second-order valence-corrected chi connectivity index (χ2v) is 5.32. The second kappa shape index (κ2) is 3.76. The summed E-state index contributed by atoms with van der Waals surface area (Å²) in [5.41, 5.74) is 1.79. The van der Waals surface area contributed by atoms with Crippen LogP contribution in [0.5, 0.6) is 0 Å². The molecule has 1 heterocycles. The number of nitrogens with zero attached hydrogens (tertiary/aromatic N) is 1. The van der Waals surface area contributed by atoms with Crippen molar-refractivity contribution >= 4 is 21.6 Å². The minimum Gasteiger partial charge on any atom is -0.381 e. The van der Waals surface area contributed by atoms with Gasteiger partial charge in [0, 0.05) is 29.3 Å². The molecule has 2 N–H and O–H groups in total. The van der Waals surface area contributed by atoms with E-state index >= 15 is 0 Å². The van der Waals surface area contributed by atoms with Crippen molar-refractivity contribution in [3.63, 3.8) is 0 Å². The summed E-state index contributed by atoms with van der Waals surface area (Å²) in [4.78, 5) is 0. The van der Waals surface area contributed by atoms with Crippen molar-refractivity contribution in [3.8, 4) is 6.07 Å². The molecular weight excluding hydrogens is 266 g/mol. The monoisotopic (exact) mass is 277 g/mol. The van der Waals surface area contributed by atoms with Crippen molar-refractivity contribution in [1.82, 2.24) is 5.32 Å². The van der Waals surface area contributed by atoms with Crippen molar-refractivity contribution < 1.29 is 0 Å². The highest BCUT2D eigenvalue weighted by Gasteiger charge is 2.52. The molecule has 0 bridgehead atoms. The Labute approximate surface area is 103 Å². The number of fused-ring (bicyclic) bond motifs is 1. The Bertz CT molecular complexity index is 456. The van der Waals surface area contributed by atoms with Crippen molar-refractivity contribution in [3.05, 3.63) is 28.2 Å². The van der Waals surface area contributed by atoms with Crippen LogP contribution in [0, 0.1) is 23.2 Å². The Morgan fingerprint density at radius 2 is 2.12 bits per heavy atom. The maximum Gasteiger partial charge on any atom is 0.0992 e. The molecule has 3 rings (SSSR count). The largest absolute Gasteiger partial charge is 0.381 e. The number of halogens is 1. The van der Waals surface area contributed by atoms with E-state index in [0.717, 1.165) is 35.1 Å². The molecule has 4 heteroatoms. The lowest BCUT2D eigenvalue weighted by atomic mass is 10.2. The molecule has 1 aromatic rings. The van der Waals surface area contributed by atoms with E-state index in [2.05, 4.69) is 32.6 Å². The molecule has 1 saturated heterocycles. The molecule has 0 radical (unpaired) electrons. The summed E-state index contributed by atoms with van der Waals surface area (Å²) in [5.74, 6) is 1.59. The van der Waals surface area contributed by atoms with Crippen LogP contribution in [0.1, 0.15) is 5.56 Å². The summed E-state index contributed by atoms with van der Waals surface area (Å²) < 4.78 is 0.976. The zero-order chi connectivity index (χ0) is 11.1. The Balaban J connectivity index is 1.74. The summed E-state index contributed by atoms with van der Waals surface area (Å²) >= 11 is 3.49. The number of nitriles is 1. The zero-order valence-corrected chi connectivity index (χ0v) is 10.3. The summed E-state index contributed by atoms with van der Waals surface area (Å²) in [6.07, 6.45) is 0. The molecule has 3 nitrogen and oxygen atoms in total. The van der Waals surface area contributed by atoms with E-state index in [1.807, 2.05) is 18.2 Å². The third kappa shape index (κ3) is 1.60. The minimum atomic E-state index is 0.616. The highest BCUT2D eigenvalue weighted by Crippen LogP contribution is 2.44. The molecule has 16 heavy (non-hydrogen) atoms. The maximum absolute atomic E-state index is 8.78. The Kier molecular flexibility index (Phi) is 2.38. The fraction of sp³-hybridized carbons (Fsp3) is 0.417. The van der Waals surface area contributed by atoms with Crippen LogP contribution in [-0.2, 0) is 0 Å². The average molecular weight is 278 g/mol. The number of nitrogens with one attached hydrogen (secondary N) is 2. The molecule has 82 valence electrons. The number of hydrogen-bond acceptors (Lipinski definition) is 3. The van der Waals surface area contributed by atoms with Crippen LogP contribution in [-0.4, -0.2) is 19.1 Å². The Morgan fingerprint density at radius 3 is 2.75 bits per heavy atom. The van der Waals surface area contributed by atoms with E-state index < -0.39 is 0 Å². The number of piperidine rings is 1. The van der Waals surface area contributed by atoms with Gasteiger partial charge in [-0.05, 0) is 46.0 Å². The Hall–Kier alpha value is -1.05. The SMILES string of the molecule is N#Cc1ccc(NC2C3CNCC32)c(Br)c1. The molecule has 1 aromatic carbocycles. The van der Waals surface area contributed by atoms with Gasteiger partial charge in [-0.1, -0.05) is 0 Å². The molecule has 2 unspecified atom stereocenters. The average Bonchev–Trinajstić information content (AvgIpc) is 2.75. The lowest BCUT2D eigenvalue weighted by molar-refractivity contribution is 0.697. The molecule has 2 fully saturated rings. The van der Waals surface area contributed by atoms with Crippen LogP contribution in [0.2, 0.25) is 0 Å². The van der Waals surface area contributed by atoms with Crippen LogP contribution in [0.15, 0.2) is 22.7 Å². The van der Waals surface area contributed by atoms with E-state index in [9.17, 15) is 0 Å². The van der Waals surface area contributed by atoms with Gasteiger partial charge in [0.15, 0.2) is 0 Å². The van der Waals surface area contributed by atoms with Gasteiger partial charge in [-0.2, -0.15) is 5.26 Å². The number of hydrogen-bond donors (Lipinski definition) is 2. The molecule has 1 saturated carbocycles. The van der Waals surface area contributed by atoms with Gasteiger partial charge in [0.2, 0.25) is 0 Å². The normalized spacial score (nSPS) is 30.6. The van der Waals surface area contributed by atoms with Crippen LogP contribution < -0.4 is 10.6 Å². The number of rotatable bonds is 2. The van der Waals surface area contributed by atoms with Crippen molar-refractivity contribution in [2.45, 2.75) is 6.04 Å². The number of benzene rings is 1. The van der Waals surface area contributed by atoms with Crippen LogP contribution in [0.4, 0.5) is 5.69 Å². The van der Waals surface area contributed by atoms with Crippen LogP contribution >= 0.6 is 15.9 Å². The first-order chi connectivity index (χ1) is 7.79. The highest BCUT2D eigenvalue weighted by molar-refractivity contribution is 9.10. The van der Waals surface area contributed by atoms with Gasteiger partial charge in [0.1, 0.15) is 0 Å². The summed E-state index contributed by atoms with van der Waals surface area (Å²) in [7, 11) is 0. The summed E-state index contributed by atoms with van der Waals surface area (Å²) in [6, 6.07) is 8.44. The van der Waals surface area contributed by atoms with Crippen molar-refractivity contribution in [2.75, 3.05) is 18.4 Å². The molecule has 1 aliphatic heterocycles. The lowest BCUT2D eigenvalue weighted by Gasteiger charge is -2.10. The molecule has 2 aliphatic rings. The van der Waals surface area contributed by atoms with Gasteiger partial charge in [-0.3, -0.25) is 0 Å². The summed E-state index contributed by atoms with van der Waals surface area (Å²) in [5, 5.41) is 15.7. The fourth-order valence-corrected chi connectivity index (χ4v) is 3.01. The first kappa shape index (κ1) is 10.1. The topological polar surface area (TPSA) is 47.9 Å². The van der Waals surface area contributed by atoms with Gasteiger partial charge in [-0.25, -0.2) is 0 Å². The summed E-state index contributed by atoms with van der Waals surface area (Å²) in [6.45, 7) is 2.27. The van der Waals surface area contributed by atoms with Crippen molar-refractivity contribution in [2.24, 2.45) is 11.8 Å². The van der Waals surface area contributed by atoms with Crippen molar-refractivity contribution in [1.29, 1.82) is 5.26 Å². The molecule has 1 aliphatic carbocycles. The van der Waals surface area contributed by atoms with Gasteiger partial charge in [0.25, 0.3) is 0 Å². The van der Waals surface area contributed by atoms with Gasteiger partial charge < -0.3 is 10.6 Å². The van der Waals surface area contributed by atoms with E-state index in [1.165, 1.54) is 0 Å². The van der Waals surface area contributed by atoms with E-state index in [1.54, 1.807) is 0 Å². The van der Waals surface area contributed by atoms with E-state index in [0.29, 0.717) is 11.6 Å². The van der Waals surface area contributed by atoms with Gasteiger partial charge in [-0.15, -0.1) is 0 Å². The van der Waals surface area contributed by atoms with Crippen LogP contribution in [0.3, 0.4) is 0 Å². The molecule has 0 spiro atoms.